The van der Waals surface area contributed by atoms with Crippen LogP contribution in [0.25, 0.3) is 27.8 Å². The van der Waals surface area contributed by atoms with Gasteiger partial charge in [-0.1, -0.05) is 0 Å². The first kappa shape index (κ1) is 21.7. The van der Waals surface area contributed by atoms with E-state index in [1.807, 2.05) is 0 Å². The highest BCUT2D eigenvalue weighted by molar-refractivity contribution is 5.88. The summed E-state index contributed by atoms with van der Waals surface area (Å²) in [5, 5.41) is 14.1. The number of aliphatic hydroxyl groups is 1. The number of hydrogen-bond donors (Lipinski definition) is 1. The van der Waals surface area contributed by atoms with E-state index in [1.165, 1.54) is 31.9 Å². The summed E-state index contributed by atoms with van der Waals surface area (Å²) in [5.74, 6) is -1.15. The molecular weight excluding hydrogens is 458 g/mol. The molecule has 0 saturated carbocycles. The second kappa shape index (κ2) is 8.02. The molecule has 34 heavy (non-hydrogen) atoms. The van der Waals surface area contributed by atoms with Gasteiger partial charge in [-0.05, 0) is 29.8 Å². The molecule has 0 radical (unpaired) electrons. The highest BCUT2D eigenvalue weighted by Crippen LogP contribution is 2.36. The number of hydrogen-bond acceptors (Lipinski definition) is 7. The lowest BCUT2D eigenvalue weighted by Crippen LogP contribution is -2.24. The molecule has 0 aliphatic carbocycles. The normalized spacial score (nSPS) is 13.0. The van der Waals surface area contributed by atoms with Gasteiger partial charge in [-0.25, -0.2) is 19.5 Å². The molecule has 9 nitrogen and oxygen atoms in total. The Labute approximate surface area is 188 Å². The molecule has 0 fully saturated rings. The number of alkyl halides is 3. The molecule has 1 unspecified atom stereocenters. The van der Waals surface area contributed by atoms with Crippen molar-refractivity contribution in [1.29, 1.82) is 0 Å². The number of methoxy groups -OCH3 is 1. The number of rotatable bonds is 5. The maximum atomic E-state index is 13.6. The third-order valence-electron chi connectivity index (χ3n) is 5.25. The van der Waals surface area contributed by atoms with Crippen LogP contribution in [0.1, 0.15) is 17.5 Å². The van der Waals surface area contributed by atoms with E-state index < -0.39 is 24.1 Å². The minimum absolute atomic E-state index is 0.0108. The molecule has 5 rings (SSSR count). The predicted octanol–water partition coefficient (Wildman–Crippen LogP) is 3.33. The Morgan fingerprint density at radius 1 is 1.15 bits per heavy atom. The smallest absolute Gasteiger partial charge is 0.421 e. The molecule has 0 saturated heterocycles. The van der Waals surface area contributed by atoms with E-state index in [9.17, 15) is 22.7 Å². The van der Waals surface area contributed by atoms with Crippen molar-refractivity contribution in [2.24, 2.45) is 0 Å². The topological polar surface area (TPSA) is 103 Å². The molecule has 174 valence electrons. The van der Waals surface area contributed by atoms with Crippen molar-refractivity contribution in [3.05, 3.63) is 66.5 Å². The van der Waals surface area contributed by atoms with Crippen LogP contribution >= 0.6 is 0 Å². The molecule has 0 spiro atoms. The van der Waals surface area contributed by atoms with E-state index in [4.69, 9.17) is 4.74 Å². The number of imidazole rings is 1. The van der Waals surface area contributed by atoms with Gasteiger partial charge in [-0.2, -0.15) is 27.6 Å². The fraction of sp³-hybridized carbons (Fsp3) is 0.190. The molecule has 5 aromatic heterocycles. The van der Waals surface area contributed by atoms with Crippen LogP contribution in [-0.4, -0.2) is 52.5 Å². The van der Waals surface area contributed by atoms with Gasteiger partial charge in [0.1, 0.15) is 11.8 Å². The summed E-state index contributed by atoms with van der Waals surface area (Å²) in [6, 6.07) is 5.87. The molecule has 1 atom stereocenters. The Balaban J connectivity index is 1.71. The number of nitrogens with zero attached hydrogens (tertiary/aromatic N) is 7. The van der Waals surface area contributed by atoms with Crippen LogP contribution in [-0.2, 0) is 6.54 Å². The van der Waals surface area contributed by atoms with Gasteiger partial charge in [0, 0.05) is 36.3 Å². The highest BCUT2D eigenvalue weighted by Gasteiger charge is 2.43. The van der Waals surface area contributed by atoms with Crippen molar-refractivity contribution in [1.82, 2.24) is 34.1 Å². The Kier molecular flexibility index (Phi) is 5.12. The van der Waals surface area contributed by atoms with Crippen molar-refractivity contribution < 1.29 is 27.4 Å². The molecule has 0 aromatic carbocycles. The van der Waals surface area contributed by atoms with Gasteiger partial charge in [0.2, 0.25) is 17.9 Å². The summed E-state index contributed by atoms with van der Waals surface area (Å²) in [7, 11) is 1.45. The number of pyridine rings is 2. The maximum absolute atomic E-state index is 13.6. The third-order valence-corrected chi connectivity index (χ3v) is 5.25. The molecule has 5 aromatic rings. The molecule has 0 aliphatic heterocycles. The molecule has 1 N–H and O–H groups in total. The van der Waals surface area contributed by atoms with Gasteiger partial charge in [0.25, 0.3) is 0 Å². The van der Waals surface area contributed by atoms with Crippen LogP contribution in [0.5, 0.6) is 5.88 Å². The molecule has 0 amide bonds. The summed E-state index contributed by atoms with van der Waals surface area (Å²) in [6.45, 7) is -0.202. The Bertz CT molecular complexity index is 1510. The summed E-state index contributed by atoms with van der Waals surface area (Å²) in [6.07, 6.45) is -2.18. The van der Waals surface area contributed by atoms with E-state index in [-0.39, 0.29) is 17.7 Å². The summed E-state index contributed by atoms with van der Waals surface area (Å²) in [4.78, 5) is 15.7. The first-order valence-electron chi connectivity index (χ1n) is 9.84. The molecule has 13 heteroatoms. The zero-order valence-corrected chi connectivity index (χ0v) is 17.4. The summed E-state index contributed by atoms with van der Waals surface area (Å²) < 4.78 is 61.8. The van der Waals surface area contributed by atoms with Gasteiger partial charge in [-0.15, -0.1) is 0 Å². The van der Waals surface area contributed by atoms with Crippen molar-refractivity contribution in [2.75, 3.05) is 7.11 Å². The quantitative estimate of drug-likeness (QED) is 0.309. The fourth-order valence-corrected chi connectivity index (χ4v) is 3.72. The van der Waals surface area contributed by atoms with Gasteiger partial charge in [0.05, 0.1) is 12.6 Å². The summed E-state index contributed by atoms with van der Waals surface area (Å²) >= 11 is 0. The van der Waals surface area contributed by atoms with Gasteiger partial charge >= 0.3 is 6.18 Å². The largest absolute Gasteiger partial charge is 0.479 e. The van der Waals surface area contributed by atoms with Crippen LogP contribution in [0.2, 0.25) is 0 Å². The average molecular weight is 473 g/mol. The third kappa shape index (κ3) is 3.69. The maximum Gasteiger partial charge on any atom is 0.421 e. The monoisotopic (exact) mass is 473 g/mol. The number of fused-ring (bicyclic) bond motifs is 2. The zero-order valence-electron chi connectivity index (χ0n) is 17.4. The zero-order chi connectivity index (χ0) is 24.0. The van der Waals surface area contributed by atoms with E-state index >= 15 is 0 Å². The van der Waals surface area contributed by atoms with Crippen LogP contribution < -0.4 is 4.74 Å². The van der Waals surface area contributed by atoms with Crippen molar-refractivity contribution in [2.45, 2.75) is 18.8 Å². The molecule has 0 bridgehead atoms. The lowest BCUT2D eigenvalue weighted by molar-refractivity contribution is -0.209. The van der Waals surface area contributed by atoms with Crippen molar-refractivity contribution in [3.63, 3.8) is 0 Å². The van der Waals surface area contributed by atoms with Crippen LogP contribution in [0.3, 0.4) is 0 Å². The van der Waals surface area contributed by atoms with Gasteiger partial charge in [0.15, 0.2) is 11.5 Å². The Hall–Kier alpha value is -4.13. The number of ether oxygens (including phenoxy) is 1. The molecule has 0 aliphatic rings. The minimum atomic E-state index is -4.96. The SMILES string of the molecule is COc1ncnn2ccc(-c3cnc4nc(C(O)C(F)(F)F)n(Cc5ccnc(F)c5)c4c3)c12. The highest BCUT2D eigenvalue weighted by atomic mass is 19.4. The molecule has 5 heterocycles. The standard InChI is InChI=1S/C21H15F4N7O2/c1-34-20-16-13(3-5-32(16)29-10-28-20)12-7-14-18(27-8-12)30-19(17(33)21(23,24)25)31(14)9-11-2-4-26-15(22)6-11/h2-8,10,17,33H,9H2,1H3. The number of halogens is 4. The lowest BCUT2D eigenvalue weighted by Gasteiger charge is -2.16. The summed E-state index contributed by atoms with van der Waals surface area (Å²) in [5.41, 5.74) is 2.21. The second-order valence-electron chi connectivity index (χ2n) is 7.35. The fourth-order valence-electron chi connectivity index (χ4n) is 3.72. The van der Waals surface area contributed by atoms with E-state index in [2.05, 4.69) is 25.0 Å². The lowest BCUT2D eigenvalue weighted by atomic mass is 10.1. The van der Waals surface area contributed by atoms with Crippen molar-refractivity contribution in [3.8, 4) is 17.0 Å². The van der Waals surface area contributed by atoms with Crippen LogP contribution in [0, 0.1) is 5.95 Å². The first-order chi connectivity index (χ1) is 16.3. The van der Waals surface area contributed by atoms with E-state index in [0.717, 1.165) is 10.6 Å². The van der Waals surface area contributed by atoms with Gasteiger partial charge < -0.3 is 14.4 Å². The second-order valence-corrected chi connectivity index (χ2v) is 7.35. The van der Waals surface area contributed by atoms with E-state index in [0.29, 0.717) is 28.1 Å². The van der Waals surface area contributed by atoms with Gasteiger partial charge in [-0.3, -0.25) is 0 Å². The predicted molar refractivity (Wildman–Crippen MR) is 110 cm³/mol. The minimum Gasteiger partial charge on any atom is -0.479 e. The number of aromatic nitrogens is 7. The Morgan fingerprint density at radius 3 is 2.71 bits per heavy atom. The average Bonchev–Trinajstić information content (AvgIpc) is 3.39. The molecular formula is C21H15F4N7O2. The first-order valence-corrected chi connectivity index (χ1v) is 9.84. The van der Waals surface area contributed by atoms with E-state index in [1.54, 1.807) is 22.8 Å². The van der Waals surface area contributed by atoms with Crippen molar-refractivity contribution >= 4 is 16.7 Å². The van der Waals surface area contributed by atoms with Crippen LogP contribution in [0.4, 0.5) is 17.6 Å². The van der Waals surface area contributed by atoms with Crippen LogP contribution in [0.15, 0.2) is 49.2 Å². The Morgan fingerprint density at radius 2 is 1.97 bits per heavy atom. The number of aliphatic hydroxyl groups excluding tert-OH is 1.